The van der Waals surface area contributed by atoms with Crippen LogP contribution in [0.1, 0.15) is 38.7 Å². The van der Waals surface area contributed by atoms with Gasteiger partial charge in [0.05, 0.1) is 18.7 Å². The van der Waals surface area contributed by atoms with Crippen molar-refractivity contribution in [2.24, 2.45) is 11.3 Å². The zero-order valence-electron chi connectivity index (χ0n) is 14.8. The highest BCUT2D eigenvalue weighted by Crippen LogP contribution is 2.46. The van der Waals surface area contributed by atoms with Gasteiger partial charge in [0, 0.05) is 0 Å². The molecule has 0 aliphatic heterocycles. The Balaban J connectivity index is 2.39. The molecule has 0 bridgehead atoms. The molecule has 1 aliphatic rings. The van der Waals surface area contributed by atoms with Crippen LogP contribution in [-0.2, 0) is 11.2 Å². The lowest BCUT2D eigenvalue weighted by Gasteiger charge is -2.40. The average molecular weight is 397 g/mol. The molecule has 0 heterocycles. The molecule has 5 heteroatoms. The number of benzene rings is 1. The van der Waals surface area contributed by atoms with E-state index in [4.69, 9.17) is 9.47 Å². The molecule has 0 unspecified atom stereocenters. The van der Waals surface area contributed by atoms with Gasteiger partial charge in [-0.2, -0.15) is 0 Å². The Labute approximate surface area is 152 Å². The molecule has 1 aliphatic carbocycles. The number of carbonyl (C=O) groups excluding carboxylic acids is 1. The lowest BCUT2D eigenvalue weighted by Crippen LogP contribution is -2.31. The fraction of sp³-hybridized carbons (Fsp3) is 0.526. The third-order valence-electron chi connectivity index (χ3n) is 4.87. The highest BCUT2D eigenvalue weighted by atomic mass is 79.9. The third-order valence-corrected chi connectivity index (χ3v) is 5.49. The molecule has 2 rings (SSSR count). The molecule has 0 saturated heterocycles. The van der Waals surface area contributed by atoms with Gasteiger partial charge in [-0.3, -0.25) is 0 Å². The Morgan fingerprint density at radius 2 is 2.04 bits per heavy atom. The first-order valence-electron chi connectivity index (χ1n) is 8.08. The van der Waals surface area contributed by atoms with Crippen molar-refractivity contribution in [3.63, 3.8) is 0 Å². The highest BCUT2D eigenvalue weighted by molar-refractivity contribution is 9.10. The molecule has 1 atom stereocenters. The summed E-state index contributed by atoms with van der Waals surface area (Å²) in [6, 6.07) is 3.67. The Kier molecular flexibility index (Phi) is 5.97. The van der Waals surface area contributed by atoms with Gasteiger partial charge in [-0.1, -0.05) is 26.0 Å². The van der Waals surface area contributed by atoms with Gasteiger partial charge in [-0.25, -0.2) is 4.79 Å². The SMILES string of the molecule is C=C1CCCC(C)(C)[C@@H]1Cc1cc(OC)c(Br)cc1OC(=O)OC. The van der Waals surface area contributed by atoms with E-state index in [0.29, 0.717) is 17.4 Å². The molecule has 0 radical (unpaired) electrons. The normalized spacial score (nSPS) is 19.7. The molecule has 0 spiro atoms. The number of halogens is 1. The van der Waals surface area contributed by atoms with Crippen molar-refractivity contribution < 1.29 is 19.0 Å². The van der Waals surface area contributed by atoms with Gasteiger partial charge in [0.25, 0.3) is 0 Å². The summed E-state index contributed by atoms with van der Waals surface area (Å²) in [5, 5.41) is 0. The van der Waals surface area contributed by atoms with Crippen LogP contribution in [0.4, 0.5) is 4.79 Å². The molecule has 1 aromatic carbocycles. The van der Waals surface area contributed by atoms with Crippen molar-refractivity contribution in [3.8, 4) is 11.5 Å². The molecular weight excluding hydrogens is 372 g/mol. The Bertz CT molecular complexity index is 636. The first kappa shape index (κ1) is 18.8. The Hall–Kier alpha value is -1.49. The minimum atomic E-state index is -0.727. The van der Waals surface area contributed by atoms with Crippen LogP contribution in [0.25, 0.3) is 0 Å². The maximum absolute atomic E-state index is 11.6. The molecule has 0 N–H and O–H groups in total. The fourth-order valence-electron chi connectivity index (χ4n) is 3.43. The summed E-state index contributed by atoms with van der Waals surface area (Å²) in [6.07, 6.45) is 3.42. The number of ether oxygens (including phenoxy) is 3. The fourth-order valence-corrected chi connectivity index (χ4v) is 3.92. The van der Waals surface area contributed by atoms with E-state index < -0.39 is 6.16 Å². The van der Waals surface area contributed by atoms with Gasteiger partial charge in [0.1, 0.15) is 11.5 Å². The number of hydrogen-bond donors (Lipinski definition) is 0. The highest BCUT2D eigenvalue weighted by Gasteiger charge is 2.35. The Morgan fingerprint density at radius 3 is 2.62 bits per heavy atom. The van der Waals surface area contributed by atoms with Crippen LogP contribution >= 0.6 is 15.9 Å². The predicted molar refractivity (Wildman–Crippen MR) is 97.7 cm³/mol. The third kappa shape index (κ3) is 4.12. The van der Waals surface area contributed by atoms with Crippen molar-refractivity contribution in [2.75, 3.05) is 14.2 Å². The average Bonchev–Trinajstić information content (AvgIpc) is 2.52. The van der Waals surface area contributed by atoms with Crippen LogP contribution < -0.4 is 9.47 Å². The zero-order valence-corrected chi connectivity index (χ0v) is 16.4. The van der Waals surface area contributed by atoms with E-state index >= 15 is 0 Å². The van der Waals surface area contributed by atoms with Gasteiger partial charge in [0.2, 0.25) is 0 Å². The van der Waals surface area contributed by atoms with E-state index in [1.165, 1.54) is 19.1 Å². The molecule has 4 nitrogen and oxygen atoms in total. The van der Waals surface area contributed by atoms with Crippen LogP contribution in [0.15, 0.2) is 28.8 Å². The van der Waals surface area contributed by atoms with Crippen molar-refractivity contribution in [1.29, 1.82) is 0 Å². The topological polar surface area (TPSA) is 44.8 Å². The maximum atomic E-state index is 11.6. The molecule has 0 amide bonds. The summed E-state index contributed by atoms with van der Waals surface area (Å²) in [5.41, 5.74) is 2.34. The second-order valence-corrected chi connectivity index (χ2v) is 7.76. The van der Waals surface area contributed by atoms with E-state index in [2.05, 4.69) is 41.1 Å². The summed E-state index contributed by atoms with van der Waals surface area (Å²) < 4.78 is 16.1. The minimum Gasteiger partial charge on any atom is -0.496 e. The van der Waals surface area contributed by atoms with Crippen LogP contribution in [0.2, 0.25) is 0 Å². The van der Waals surface area contributed by atoms with Gasteiger partial charge < -0.3 is 14.2 Å². The predicted octanol–water partition coefficient (Wildman–Crippen LogP) is 5.53. The van der Waals surface area contributed by atoms with Crippen LogP contribution in [0, 0.1) is 11.3 Å². The molecular formula is C19H25BrO4. The zero-order chi connectivity index (χ0) is 17.9. The second-order valence-electron chi connectivity index (χ2n) is 6.91. The van der Waals surface area contributed by atoms with E-state index in [9.17, 15) is 4.79 Å². The summed E-state index contributed by atoms with van der Waals surface area (Å²) >= 11 is 3.44. The van der Waals surface area contributed by atoms with E-state index in [0.717, 1.165) is 29.3 Å². The van der Waals surface area contributed by atoms with Crippen molar-refractivity contribution in [2.45, 2.75) is 39.5 Å². The largest absolute Gasteiger partial charge is 0.513 e. The molecule has 1 aromatic rings. The lowest BCUT2D eigenvalue weighted by molar-refractivity contribution is 0.120. The van der Waals surface area contributed by atoms with Gasteiger partial charge in [-0.05, 0) is 70.6 Å². The van der Waals surface area contributed by atoms with E-state index in [1.54, 1.807) is 13.2 Å². The number of rotatable bonds is 4. The summed E-state index contributed by atoms with van der Waals surface area (Å²) in [7, 11) is 2.92. The van der Waals surface area contributed by atoms with Crippen molar-refractivity contribution in [1.82, 2.24) is 0 Å². The first-order valence-corrected chi connectivity index (χ1v) is 8.87. The molecule has 0 aromatic heterocycles. The van der Waals surface area contributed by atoms with E-state index in [-0.39, 0.29) is 5.41 Å². The summed E-state index contributed by atoms with van der Waals surface area (Å²) in [6.45, 7) is 8.83. The molecule has 24 heavy (non-hydrogen) atoms. The van der Waals surface area contributed by atoms with Gasteiger partial charge in [0.15, 0.2) is 0 Å². The monoisotopic (exact) mass is 396 g/mol. The van der Waals surface area contributed by atoms with E-state index in [1.807, 2.05) is 6.07 Å². The van der Waals surface area contributed by atoms with Gasteiger partial charge >= 0.3 is 6.16 Å². The second kappa shape index (κ2) is 7.60. The van der Waals surface area contributed by atoms with Crippen LogP contribution in [0.5, 0.6) is 11.5 Å². The standard InChI is InChI=1S/C19H25BrO4/c1-12-7-6-8-19(2,3)14(12)9-13-10-17(22-4)15(20)11-16(13)24-18(21)23-5/h10-11,14H,1,6-9H2,2-5H3/t14-/m1/s1. The quantitative estimate of drug-likeness (QED) is 0.381. The number of hydrogen-bond acceptors (Lipinski definition) is 4. The summed E-state index contributed by atoms with van der Waals surface area (Å²) in [5.74, 6) is 1.53. The lowest BCUT2D eigenvalue weighted by atomic mass is 9.65. The maximum Gasteiger partial charge on any atom is 0.513 e. The van der Waals surface area contributed by atoms with Crippen molar-refractivity contribution >= 4 is 22.1 Å². The smallest absolute Gasteiger partial charge is 0.496 e. The van der Waals surface area contributed by atoms with Crippen molar-refractivity contribution in [3.05, 3.63) is 34.3 Å². The van der Waals surface area contributed by atoms with Gasteiger partial charge in [-0.15, -0.1) is 0 Å². The number of methoxy groups -OCH3 is 2. The Morgan fingerprint density at radius 1 is 1.33 bits per heavy atom. The molecule has 1 fully saturated rings. The number of allylic oxidation sites excluding steroid dienone is 1. The minimum absolute atomic E-state index is 0.165. The van der Waals surface area contributed by atoms with Crippen LogP contribution in [-0.4, -0.2) is 20.4 Å². The molecule has 132 valence electrons. The molecule has 1 saturated carbocycles. The summed E-state index contributed by atoms with van der Waals surface area (Å²) in [4.78, 5) is 11.6. The van der Waals surface area contributed by atoms with Crippen LogP contribution in [0.3, 0.4) is 0 Å². The first-order chi connectivity index (χ1) is 11.3. The number of carbonyl (C=O) groups is 1.